The van der Waals surface area contributed by atoms with Gasteiger partial charge in [0.1, 0.15) is 5.15 Å². The van der Waals surface area contributed by atoms with Gasteiger partial charge in [0.15, 0.2) is 0 Å². The molecule has 0 radical (unpaired) electrons. The zero-order valence-corrected chi connectivity index (χ0v) is 13.7. The lowest BCUT2D eigenvalue weighted by Crippen LogP contribution is -2.31. The average molecular weight is 316 g/mol. The fraction of sp³-hybridized carbons (Fsp3) is 0.389. The number of pyridine rings is 1. The second-order valence-electron chi connectivity index (χ2n) is 5.84. The summed E-state index contributed by atoms with van der Waals surface area (Å²) in [6.45, 7) is 3.54. The van der Waals surface area contributed by atoms with Gasteiger partial charge in [0.2, 0.25) is 0 Å². The van der Waals surface area contributed by atoms with Gasteiger partial charge in [-0.2, -0.15) is 0 Å². The van der Waals surface area contributed by atoms with Gasteiger partial charge in [0, 0.05) is 24.3 Å². The number of nitrogens with one attached hydrogen (secondary N) is 1. The van der Waals surface area contributed by atoms with Crippen molar-refractivity contribution in [2.45, 2.75) is 18.9 Å². The number of benzene rings is 1. The summed E-state index contributed by atoms with van der Waals surface area (Å²) in [6.07, 6.45) is 4.48. The van der Waals surface area contributed by atoms with Gasteiger partial charge in [-0.25, -0.2) is 4.98 Å². The molecule has 1 aromatic heterocycles. The second kappa shape index (κ2) is 7.23. The summed E-state index contributed by atoms with van der Waals surface area (Å²) in [5.74, 6) is 0. The van der Waals surface area contributed by atoms with Crippen LogP contribution in [0.5, 0.6) is 0 Å². The van der Waals surface area contributed by atoms with E-state index in [0.717, 1.165) is 12.1 Å². The first-order chi connectivity index (χ1) is 10.8. The Bertz CT molecular complexity index is 589. The molecule has 3 rings (SSSR count). The minimum atomic E-state index is 0.385. The zero-order chi connectivity index (χ0) is 15.4. The number of likely N-dealkylation sites (N-methyl/N-ethyl adjacent to an activating group) is 1. The van der Waals surface area contributed by atoms with Crippen LogP contribution in [0.15, 0.2) is 42.6 Å². The van der Waals surface area contributed by atoms with E-state index in [1.165, 1.54) is 37.1 Å². The molecule has 22 heavy (non-hydrogen) atoms. The van der Waals surface area contributed by atoms with Crippen LogP contribution in [0.1, 0.15) is 24.4 Å². The van der Waals surface area contributed by atoms with E-state index in [4.69, 9.17) is 11.6 Å². The smallest absolute Gasteiger partial charge is 0.129 e. The first kappa shape index (κ1) is 15.5. The van der Waals surface area contributed by atoms with E-state index in [0.29, 0.717) is 11.2 Å². The molecule has 0 aliphatic carbocycles. The van der Waals surface area contributed by atoms with Crippen molar-refractivity contribution in [1.29, 1.82) is 0 Å². The highest BCUT2D eigenvalue weighted by Crippen LogP contribution is 2.23. The monoisotopic (exact) mass is 315 g/mol. The second-order valence-corrected chi connectivity index (χ2v) is 6.23. The number of hydrogen-bond donors (Lipinski definition) is 1. The topological polar surface area (TPSA) is 28.2 Å². The highest BCUT2D eigenvalue weighted by atomic mass is 35.5. The van der Waals surface area contributed by atoms with Gasteiger partial charge in [-0.3, -0.25) is 0 Å². The van der Waals surface area contributed by atoms with E-state index in [1.54, 1.807) is 0 Å². The average Bonchev–Trinajstić information content (AvgIpc) is 3.07. The SMILES string of the molecule is CNC(CN1CCCC1)c1ccc(-c2ccc(Cl)nc2)cc1. The van der Waals surface area contributed by atoms with Crippen LogP contribution in [0.4, 0.5) is 0 Å². The predicted octanol–water partition coefficient (Wildman–Crippen LogP) is 3.76. The van der Waals surface area contributed by atoms with Crippen molar-refractivity contribution in [3.05, 3.63) is 53.3 Å². The van der Waals surface area contributed by atoms with E-state index in [2.05, 4.69) is 39.5 Å². The van der Waals surface area contributed by atoms with Crippen LogP contribution < -0.4 is 5.32 Å². The van der Waals surface area contributed by atoms with E-state index in [1.807, 2.05) is 25.4 Å². The molecule has 2 heterocycles. The molecule has 1 fully saturated rings. The maximum Gasteiger partial charge on any atom is 0.129 e. The van der Waals surface area contributed by atoms with Gasteiger partial charge in [0.05, 0.1) is 0 Å². The van der Waals surface area contributed by atoms with Gasteiger partial charge in [-0.15, -0.1) is 0 Å². The predicted molar refractivity (Wildman–Crippen MR) is 92.2 cm³/mol. The third-order valence-electron chi connectivity index (χ3n) is 4.36. The Balaban J connectivity index is 1.72. The van der Waals surface area contributed by atoms with E-state index in [9.17, 15) is 0 Å². The van der Waals surface area contributed by atoms with Crippen LogP contribution in [0.3, 0.4) is 0 Å². The third kappa shape index (κ3) is 3.67. The molecule has 1 aliphatic rings. The number of likely N-dealkylation sites (tertiary alicyclic amines) is 1. The zero-order valence-electron chi connectivity index (χ0n) is 12.9. The first-order valence-electron chi connectivity index (χ1n) is 7.88. The largest absolute Gasteiger partial charge is 0.312 e. The molecular weight excluding hydrogens is 294 g/mol. The Hall–Kier alpha value is -1.42. The van der Waals surface area contributed by atoms with E-state index in [-0.39, 0.29) is 0 Å². The minimum absolute atomic E-state index is 0.385. The summed E-state index contributed by atoms with van der Waals surface area (Å²) in [7, 11) is 2.04. The van der Waals surface area contributed by atoms with Gasteiger partial charge in [0.25, 0.3) is 0 Å². The Morgan fingerprint density at radius 1 is 1.09 bits per heavy atom. The number of rotatable bonds is 5. The van der Waals surface area contributed by atoms with Gasteiger partial charge < -0.3 is 10.2 Å². The lowest BCUT2D eigenvalue weighted by molar-refractivity contribution is 0.299. The summed E-state index contributed by atoms with van der Waals surface area (Å²) in [5.41, 5.74) is 3.60. The maximum atomic E-state index is 5.84. The molecular formula is C18H22ClN3. The summed E-state index contributed by atoms with van der Waals surface area (Å²) < 4.78 is 0. The van der Waals surface area contributed by atoms with Crippen molar-refractivity contribution in [2.75, 3.05) is 26.7 Å². The molecule has 116 valence electrons. The van der Waals surface area contributed by atoms with Gasteiger partial charge >= 0.3 is 0 Å². The Labute approximate surface area is 137 Å². The van der Waals surface area contributed by atoms with E-state index < -0.39 is 0 Å². The van der Waals surface area contributed by atoms with Crippen molar-refractivity contribution in [1.82, 2.24) is 15.2 Å². The lowest BCUT2D eigenvalue weighted by atomic mass is 10.0. The lowest BCUT2D eigenvalue weighted by Gasteiger charge is -2.23. The Kier molecular flexibility index (Phi) is 5.08. The highest BCUT2D eigenvalue weighted by Gasteiger charge is 2.17. The third-order valence-corrected chi connectivity index (χ3v) is 4.59. The summed E-state index contributed by atoms with van der Waals surface area (Å²) in [4.78, 5) is 6.68. The molecule has 1 saturated heterocycles. The fourth-order valence-electron chi connectivity index (χ4n) is 3.04. The maximum absolute atomic E-state index is 5.84. The van der Waals surface area contributed by atoms with Crippen LogP contribution >= 0.6 is 11.6 Å². The fourth-order valence-corrected chi connectivity index (χ4v) is 3.15. The van der Waals surface area contributed by atoms with E-state index >= 15 is 0 Å². The van der Waals surface area contributed by atoms with Crippen LogP contribution in [0.25, 0.3) is 11.1 Å². The highest BCUT2D eigenvalue weighted by molar-refractivity contribution is 6.29. The molecule has 0 bridgehead atoms. The summed E-state index contributed by atoms with van der Waals surface area (Å²) in [6, 6.07) is 13.0. The molecule has 0 amide bonds. The molecule has 0 spiro atoms. The van der Waals surface area contributed by atoms with Crippen molar-refractivity contribution >= 4 is 11.6 Å². The summed E-state index contributed by atoms with van der Waals surface area (Å²) >= 11 is 5.84. The van der Waals surface area contributed by atoms with Crippen molar-refractivity contribution in [3.63, 3.8) is 0 Å². The molecule has 1 N–H and O–H groups in total. The van der Waals surface area contributed by atoms with Crippen LogP contribution in [0, 0.1) is 0 Å². The normalized spacial score (nSPS) is 16.8. The van der Waals surface area contributed by atoms with Crippen LogP contribution in [0.2, 0.25) is 5.15 Å². The minimum Gasteiger partial charge on any atom is -0.312 e. The van der Waals surface area contributed by atoms with Gasteiger partial charge in [-0.1, -0.05) is 35.9 Å². The molecule has 2 aromatic rings. The van der Waals surface area contributed by atoms with Crippen molar-refractivity contribution < 1.29 is 0 Å². The van der Waals surface area contributed by atoms with Gasteiger partial charge in [-0.05, 0) is 56.2 Å². The van der Waals surface area contributed by atoms with Crippen LogP contribution in [-0.4, -0.2) is 36.6 Å². The Morgan fingerprint density at radius 3 is 2.36 bits per heavy atom. The first-order valence-corrected chi connectivity index (χ1v) is 8.25. The molecule has 4 heteroatoms. The molecule has 1 aliphatic heterocycles. The molecule has 3 nitrogen and oxygen atoms in total. The summed E-state index contributed by atoms with van der Waals surface area (Å²) in [5, 5.41) is 3.97. The number of halogens is 1. The molecule has 1 unspecified atom stereocenters. The molecule has 0 saturated carbocycles. The van der Waals surface area contributed by atoms with Crippen LogP contribution in [-0.2, 0) is 0 Å². The number of aromatic nitrogens is 1. The quantitative estimate of drug-likeness (QED) is 0.852. The van der Waals surface area contributed by atoms with Crippen molar-refractivity contribution in [3.8, 4) is 11.1 Å². The number of nitrogens with zero attached hydrogens (tertiary/aromatic N) is 2. The molecule has 1 atom stereocenters. The standard InChI is InChI=1S/C18H22ClN3/c1-20-17(13-22-10-2-3-11-22)15-6-4-14(5-7-15)16-8-9-18(19)21-12-16/h4-9,12,17,20H,2-3,10-11,13H2,1H3. The Morgan fingerprint density at radius 2 is 1.77 bits per heavy atom. The van der Waals surface area contributed by atoms with Crippen molar-refractivity contribution in [2.24, 2.45) is 0 Å². The molecule has 1 aromatic carbocycles. The number of hydrogen-bond acceptors (Lipinski definition) is 3.